The number of nitrogen functional groups attached to an aromatic ring is 1. The van der Waals surface area contributed by atoms with Gasteiger partial charge in [-0.3, -0.25) is 4.79 Å². The van der Waals surface area contributed by atoms with Gasteiger partial charge in [0, 0.05) is 11.4 Å². The SMILES string of the molecule is CSC(C)C(=O)Nc1ccc(N)cc1. The van der Waals surface area contributed by atoms with Crippen LogP contribution in [-0.4, -0.2) is 17.4 Å². The van der Waals surface area contributed by atoms with Crippen molar-refractivity contribution in [1.82, 2.24) is 0 Å². The number of carbonyl (C=O) groups excluding carboxylic acids is 1. The molecule has 0 fully saturated rings. The number of benzene rings is 1. The van der Waals surface area contributed by atoms with Crippen molar-refractivity contribution in [3.63, 3.8) is 0 Å². The first-order chi connectivity index (χ1) is 6.63. The maximum atomic E-state index is 11.5. The molecular weight excluding hydrogens is 196 g/mol. The van der Waals surface area contributed by atoms with Gasteiger partial charge in [-0.1, -0.05) is 0 Å². The average Bonchev–Trinajstić information content (AvgIpc) is 2.20. The number of hydrogen-bond acceptors (Lipinski definition) is 3. The van der Waals surface area contributed by atoms with E-state index >= 15 is 0 Å². The topological polar surface area (TPSA) is 55.1 Å². The van der Waals surface area contributed by atoms with Gasteiger partial charge in [-0.25, -0.2) is 0 Å². The van der Waals surface area contributed by atoms with E-state index < -0.39 is 0 Å². The minimum Gasteiger partial charge on any atom is -0.399 e. The van der Waals surface area contributed by atoms with Gasteiger partial charge in [-0.15, -0.1) is 0 Å². The van der Waals surface area contributed by atoms with Gasteiger partial charge in [0.2, 0.25) is 5.91 Å². The Labute approximate surface area is 88.1 Å². The number of thioether (sulfide) groups is 1. The largest absolute Gasteiger partial charge is 0.399 e. The fourth-order valence-corrected chi connectivity index (χ4v) is 1.19. The zero-order valence-electron chi connectivity index (χ0n) is 8.28. The third-order valence-electron chi connectivity index (χ3n) is 1.90. The molecular formula is C10H14N2OS. The number of hydrogen-bond donors (Lipinski definition) is 2. The van der Waals surface area contributed by atoms with Gasteiger partial charge in [0.1, 0.15) is 0 Å². The number of amides is 1. The van der Waals surface area contributed by atoms with E-state index in [0.717, 1.165) is 5.69 Å². The van der Waals surface area contributed by atoms with Crippen LogP contribution in [0.2, 0.25) is 0 Å². The van der Waals surface area contributed by atoms with Crippen molar-refractivity contribution in [3.05, 3.63) is 24.3 Å². The number of carbonyl (C=O) groups is 1. The molecule has 1 rings (SSSR count). The lowest BCUT2D eigenvalue weighted by molar-refractivity contribution is -0.115. The van der Waals surface area contributed by atoms with Crippen LogP contribution in [0.4, 0.5) is 11.4 Å². The first kappa shape index (κ1) is 10.9. The van der Waals surface area contributed by atoms with Crippen LogP contribution in [-0.2, 0) is 4.79 Å². The summed E-state index contributed by atoms with van der Waals surface area (Å²) < 4.78 is 0. The lowest BCUT2D eigenvalue weighted by Gasteiger charge is -2.09. The van der Waals surface area contributed by atoms with Crippen LogP contribution in [0.1, 0.15) is 6.92 Å². The smallest absolute Gasteiger partial charge is 0.237 e. The summed E-state index contributed by atoms with van der Waals surface area (Å²) in [6, 6.07) is 7.11. The molecule has 1 amide bonds. The predicted molar refractivity (Wildman–Crippen MR) is 62.5 cm³/mol. The lowest BCUT2D eigenvalue weighted by atomic mass is 10.3. The van der Waals surface area contributed by atoms with Crippen molar-refractivity contribution < 1.29 is 4.79 Å². The summed E-state index contributed by atoms with van der Waals surface area (Å²) in [6.45, 7) is 1.87. The van der Waals surface area contributed by atoms with Crippen LogP contribution >= 0.6 is 11.8 Å². The molecule has 0 aliphatic heterocycles. The molecule has 0 radical (unpaired) electrons. The molecule has 0 bridgehead atoms. The standard InChI is InChI=1S/C10H14N2OS/c1-7(14-2)10(13)12-9-5-3-8(11)4-6-9/h3-7H,11H2,1-2H3,(H,12,13). The van der Waals surface area contributed by atoms with E-state index in [0.29, 0.717) is 5.69 Å². The zero-order valence-corrected chi connectivity index (χ0v) is 9.10. The Balaban J connectivity index is 2.60. The highest BCUT2D eigenvalue weighted by Crippen LogP contribution is 2.13. The molecule has 4 heteroatoms. The Kier molecular flexibility index (Phi) is 3.83. The third-order valence-corrected chi connectivity index (χ3v) is 2.82. The van der Waals surface area contributed by atoms with Gasteiger partial charge in [0.05, 0.1) is 5.25 Å². The molecule has 0 saturated carbocycles. The van der Waals surface area contributed by atoms with E-state index in [2.05, 4.69) is 5.32 Å². The number of rotatable bonds is 3. The molecule has 1 atom stereocenters. The van der Waals surface area contributed by atoms with E-state index in [4.69, 9.17) is 5.73 Å². The third kappa shape index (κ3) is 2.96. The second-order valence-corrected chi connectivity index (χ2v) is 4.17. The first-order valence-electron chi connectivity index (χ1n) is 4.32. The monoisotopic (exact) mass is 210 g/mol. The summed E-state index contributed by atoms with van der Waals surface area (Å²) in [5.41, 5.74) is 7.00. The Bertz CT molecular complexity index is 310. The van der Waals surface area contributed by atoms with Crippen molar-refractivity contribution in [2.75, 3.05) is 17.3 Å². The van der Waals surface area contributed by atoms with Crippen molar-refractivity contribution in [3.8, 4) is 0 Å². The molecule has 0 aliphatic carbocycles. The van der Waals surface area contributed by atoms with Crippen LogP contribution in [0.5, 0.6) is 0 Å². The number of nitrogens with two attached hydrogens (primary N) is 1. The molecule has 1 unspecified atom stereocenters. The van der Waals surface area contributed by atoms with Crippen molar-refractivity contribution in [1.29, 1.82) is 0 Å². The van der Waals surface area contributed by atoms with E-state index in [1.54, 1.807) is 24.3 Å². The van der Waals surface area contributed by atoms with Gasteiger partial charge < -0.3 is 11.1 Å². The number of nitrogens with one attached hydrogen (secondary N) is 1. The molecule has 76 valence electrons. The summed E-state index contributed by atoms with van der Waals surface area (Å²) in [6.07, 6.45) is 1.91. The van der Waals surface area contributed by atoms with E-state index in [1.807, 2.05) is 13.2 Å². The van der Waals surface area contributed by atoms with Crippen molar-refractivity contribution in [2.45, 2.75) is 12.2 Å². The molecule has 3 nitrogen and oxygen atoms in total. The fraction of sp³-hybridized carbons (Fsp3) is 0.300. The molecule has 3 N–H and O–H groups in total. The molecule has 0 heterocycles. The molecule has 1 aromatic carbocycles. The zero-order chi connectivity index (χ0) is 10.6. The molecule has 0 saturated heterocycles. The predicted octanol–water partition coefficient (Wildman–Crippen LogP) is 1.96. The van der Waals surface area contributed by atoms with Crippen LogP contribution < -0.4 is 11.1 Å². The Morgan fingerprint density at radius 1 is 1.43 bits per heavy atom. The van der Waals surface area contributed by atoms with Gasteiger partial charge in [-0.2, -0.15) is 11.8 Å². The summed E-state index contributed by atoms with van der Waals surface area (Å²) in [4.78, 5) is 11.5. The minimum atomic E-state index is -0.0347. The van der Waals surface area contributed by atoms with E-state index in [9.17, 15) is 4.79 Å². The van der Waals surface area contributed by atoms with Crippen molar-refractivity contribution >= 4 is 29.0 Å². The molecule has 1 aromatic rings. The second kappa shape index (κ2) is 4.91. The maximum absolute atomic E-state index is 11.5. The quantitative estimate of drug-likeness (QED) is 0.750. The summed E-state index contributed by atoms with van der Waals surface area (Å²) in [7, 11) is 0. The van der Waals surface area contributed by atoms with Crippen LogP contribution in [0.15, 0.2) is 24.3 Å². The minimum absolute atomic E-state index is 0.0160. The Hall–Kier alpha value is -1.16. The van der Waals surface area contributed by atoms with Gasteiger partial charge in [0.25, 0.3) is 0 Å². The highest BCUT2D eigenvalue weighted by Gasteiger charge is 2.10. The fourth-order valence-electron chi connectivity index (χ4n) is 0.917. The highest BCUT2D eigenvalue weighted by atomic mass is 32.2. The molecule has 0 aromatic heterocycles. The van der Waals surface area contributed by atoms with Crippen LogP contribution in [0.3, 0.4) is 0 Å². The summed E-state index contributed by atoms with van der Waals surface area (Å²) in [5.74, 6) is 0.0160. The normalized spacial score (nSPS) is 12.1. The average molecular weight is 210 g/mol. The summed E-state index contributed by atoms with van der Waals surface area (Å²) in [5, 5.41) is 2.77. The Morgan fingerprint density at radius 2 is 2.00 bits per heavy atom. The number of anilines is 2. The summed E-state index contributed by atoms with van der Waals surface area (Å²) >= 11 is 1.52. The molecule has 14 heavy (non-hydrogen) atoms. The highest BCUT2D eigenvalue weighted by molar-refractivity contribution is 7.99. The Morgan fingerprint density at radius 3 is 2.50 bits per heavy atom. The molecule has 0 spiro atoms. The lowest BCUT2D eigenvalue weighted by Crippen LogP contribution is -2.21. The molecule has 0 aliphatic rings. The van der Waals surface area contributed by atoms with E-state index in [-0.39, 0.29) is 11.2 Å². The van der Waals surface area contributed by atoms with Gasteiger partial charge >= 0.3 is 0 Å². The second-order valence-electron chi connectivity index (χ2n) is 2.99. The van der Waals surface area contributed by atoms with Crippen molar-refractivity contribution in [2.24, 2.45) is 0 Å². The maximum Gasteiger partial charge on any atom is 0.237 e. The van der Waals surface area contributed by atoms with Crippen LogP contribution in [0, 0.1) is 0 Å². The first-order valence-corrected chi connectivity index (χ1v) is 5.61. The van der Waals surface area contributed by atoms with E-state index in [1.165, 1.54) is 11.8 Å². The van der Waals surface area contributed by atoms with Gasteiger partial charge in [0.15, 0.2) is 0 Å². The van der Waals surface area contributed by atoms with Gasteiger partial charge in [-0.05, 0) is 37.4 Å². The van der Waals surface area contributed by atoms with Crippen LogP contribution in [0.25, 0.3) is 0 Å².